The summed E-state index contributed by atoms with van der Waals surface area (Å²) in [5.74, 6) is -1.43. The molecule has 7 nitrogen and oxygen atoms in total. The molecule has 3 rings (SSSR count). The molecule has 0 aliphatic heterocycles. The molecule has 0 saturated heterocycles. The fourth-order valence-electron chi connectivity index (χ4n) is 4.11. The molecule has 1 atom stereocenters. The molecule has 2 amide bonds. The Hall–Kier alpha value is -2.94. The van der Waals surface area contributed by atoms with E-state index in [0.717, 1.165) is 41.8 Å². The van der Waals surface area contributed by atoms with Crippen LogP contribution in [0.1, 0.15) is 43.7 Å². The van der Waals surface area contributed by atoms with Crippen LogP contribution in [0.15, 0.2) is 48.5 Å². The fraction of sp³-hybridized carbons (Fsp3) is 0.440. The summed E-state index contributed by atoms with van der Waals surface area (Å²) in [6.45, 7) is 2.80. The zero-order valence-corrected chi connectivity index (χ0v) is 20.6. The van der Waals surface area contributed by atoms with E-state index in [4.69, 9.17) is 0 Å². The molecule has 1 aliphatic carbocycles. The van der Waals surface area contributed by atoms with Crippen molar-refractivity contribution in [2.24, 2.45) is 0 Å². The van der Waals surface area contributed by atoms with Crippen molar-refractivity contribution in [2.75, 3.05) is 17.1 Å². The number of anilines is 1. The Bertz CT molecular complexity index is 1120. The number of carbonyl (C=O) groups excluding carboxylic acids is 2. The van der Waals surface area contributed by atoms with Crippen LogP contribution in [0.3, 0.4) is 0 Å². The first-order chi connectivity index (χ1) is 16.1. The highest BCUT2D eigenvalue weighted by molar-refractivity contribution is 7.92. The monoisotopic (exact) mass is 489 g/mol. The predicted molar refractivity (Wildman–Crippen MR) is 130 cm³/mol. The number of rotatable bonds is 9. The van der Waals surface area contributed by atoms with Crippen LogP contribution in [-0.2, 0) is 26.2 Å². The summed E-state index contributed by atoms with van der Waals surface area (Å²) in [6, 6.07) is 11.9. The standard InChI is InChI=1S/C25H32FN3O4S/c1-18-12-14-22(15-13-18)29(34(3,32)33)17-24(30)28(16-20-8-4-7-11-23(20)26)19(2)25(31)27-21-9-5-6-10-21/h4,7-8,11-15,19,21H,5-6,9-10,16-17H2,1-3H3,(H,27,31). The van der Waals surface area contributed by atoms with Gasteiger partial charge in [-0.3, -0.25) is 13.9 Å². The third-order valence-electron chi connectivity index (χ3n) is 6.17. The summed E-state index contributed by atoms with van der Waals surface area (Å²) in [7, 11) is -3.79. The number of benzene rings is 2. The molecule has 1 N–H and O–H groups in total. The molecule has 2 aromatic carbocycles. The number of amides is 2. The van der Waals surface area contributed by atoms with E-state index < -0.39 is 34.3 Å². The van der Waals surface area contributed by atoms with Crippen LogP contribution in [0, 0.1) is 12.7 Å². The zero-order chi connectivity index (χ0) is 24.9. The number of hydrogen-bond acceptors (Lipinski definition) is 4. The number of carbonyl (C=O) groups is 2. The largest absolute Gasteiger partial charge is 0.352 e. The lowest BCUT2D eigenvalue weighted by Gasteiger charge is -2.32. The molecule has 0 aromatic heterocycles. The van der Waals surface area contributed by atoms with Crippen LogP contribution in [-0.4, -0.2) is 50.0 Å². The van der Waals surface area contributed by atoms with Gasteiger partial charge in [-0.2, -0.15) is 0 Å². The Balaban J connectivity index is 1.88. The van der Waals surface area contributed by atoms with Gasteiger partial charge in [0.15, 0.2) is 0 Å². The van der Waals surface area contributed by atoms with Crippen LogP contribution in [0.2, 0.25) is 0 Å². The van der Waals surface area contributed by atoms with Gasteiger partial charge >= 0.3 is 0 Å². The Kier molecular flexibility index (Phi) is 8.30. The van der Waals surface area contributed by atoms with Crippen molar-refractivity contribution in [3.05, 3.63) is 65.5 Å². The lowest BCUT2D eigenvalue weighted by Crippen LogP contribution is -2.52. The van der Waals surface area contributed by atoms with Crippen LogP contribution < -0.4 is 9.62 Å². The number of hydrogen-bond donors (Lipinski definition) is 1. The molecule has 1 saturated carbocycles. The van der Waals surface area contributed by atoms with Crippen LogP contribution >= 0.6 is 0 Å². The maximum absolute atomic E-state index is 14.4. The topological polar surface area (TPSA) is 86.8 Å². The van der Waals surface area contributed by atoms with E-state index in [0.29, 0.717) is 5.69 Å². The number of sulfonamides is 1. The minimum atomic E-state index is -3.79. The maximum Gasteiger partial charge on any atom is 0.244 e. The average Bonchev–Trinajstić information content (AvgIpc) is 3.29. The van der Waals surface area contributed by atoms with Crippen molar-refractivity contribution < 1.29 is 22.4 Å². The van der Waals surface area contributed by atoms with E-state index in [9.17, 15) is 22.4 Å². The number of nitrogens with one attached hydrogen (secondary N) is 1. The first kappa shape index (κ1) is 25.7. The number of nitrogens with zero attached hydrogens (tertiary/aromatic N) is 2. The Labute approximate surface area is 201 Å². The van der Waals surface area contributed by atoms with E-state index in [1.165, 1.54) is 11.0 Å². The van der Waals surface area contributed by atoms with E-state index >= 15 is 0 Å². The zero-order valence-electron chi connectivity index (χ0n) is 19.8. The van der Waals surface area contributed by atoms with Gasteiger partial charge in [0, 0.05) is 18.2 Å². The molecule has 1 unspecified atom stereocenters. The Morgan fingerprint density at radius 2 is 1.71 bits per heavy atom. The van der Waals surface area contributed by atoms with E-state index in [1.807, 2.05) is 6.92 Å². The lowest BCUT2D eigenvalue weighted by molar-refractivity contribution is -0.139. The molecule has 1 fully saturated rings. The lowest BCUT2D eigenvalue weighted by atomic mass is 10.1. The first-order valence-corrected chi connectivity index (χ1v) is 13.3. The summed E-state index contributed by atoms with van der Waals surface area (Å²) in [6.07, 6.45) is 4.87. The predicted octanol–water partition coefficient (Wildman–Crippen LogP) is 3.38. The summed E-state index contributed by atoms with van der Waals surface area (Å²) >= 11 is 0. The van der Waals surface area contributed by atoms with Crippen molar-refractivity contribution >= 4 is 27.5 Å². The van der Waals surface area contributed by atoms with E-state index in [-0.39, 0.29) is 24.1 Å². The molecule has 0 bridgehead atoms. The molecule has 1 aliphatic rings. The summed E-state index contributed by atoms with van der Waals surface area (Å²) in [5, 5.41) is 2.98. The molecule has 184 valence electrons. The van der Waals surface area contributed by atoms with Gasteiger partial charge in [0.1, 0.15) is 18.4 Å². The van der Waals surface area contributed by atoms with Crippen LogP contribution in [0.25, 0.3) is 0 Å². The second-order valence-corrected chi connectivity index (χ2v) is 10.8. The minimum absolute atomic E-state index is 0.0560. The van der Waals surface area contributed by atoms with E-state index in [2.05, 4.69) is 5.32 Å². The molecule has 34 heavy (non-hydrogen) atoms. The normalized spacial score (nSPS) is 15.1. The van der Waals surface area contributed by atoms with Gasteiger partial charge in [-0.15, -0.1) is 0 Å². The van der Waals surface area contributed by atoms with Gasteiger partial charge in [0.25, 0.3) is 0 Å². The van der Waals surface area contributed by atoms with Gasteiger partial charge in [-0.1, -0.05) is 48.7 Å². The SMILES string of the molecule is Cc1ccc(N(CC(=O)N(Cc2ccccc2F)C(C)C(=O)NC2CCCC2)S(C)(=O)=O)cc1. The number of halogens is 1. The second-order valence-electron chi connectivity index (χ2n) is 8.88. The van der Waals surface area contributed by atoms with Gasteiger partial charge in [-0.05, 0) is 44.9 Å². The average molecular weight is 490 g/mol. The van der Waals surface area contributed by atoms with Crippen LogP contribution in [0.4, 0.5) is 10.1 Å². The van der Waals surface area contributed by atoms with E-state index in [1.54, 1.807) is 49.4 Å². The first-order valence-electron chi connectivity index (χ1n) is 11.4. The molecular formula is C25H32FN3O4S. The summed E-state index contributed by atoms with van der Waals surface area (Å²) < 4.78 is 40.5. The molecule has 0 radical (unpaired) electrons. The maximum atomic E-state index is 14.4. The van der Waals surface area contributed by atoms with Gasteiger partial charge in [0.2, 0.25) is 21.8 Å². The quantitative estimate of drug-likeness (QED) is 0.585. The fourth-order valence-corrected chi connectivity index (χ4v) is 4.96. The highest BCUT2D eigenvalue weighted by Gasteiger charge is 2.31. The van der Waals surface area contributed by atoms with Crippen molar-refractivity contribution in [1.82, 2.24) is 10.2 Å². The summed E-state index contributed by atoms with van der Waals surface area (Å²) in [4.78, 5) is 27.7. The van der Waals surface area contributed by atoms with Crippen molar-refractivity contribution in [3.63, 3.8) is 0 Å². The molecule has 2 aromatic rings. The van der Waals surface area contributed by atoms with Crippen molar-refractivity contribution in [2.45, 2.75) is 58.2 Å². The molecular weight excluding hydrogens is 457 g/mol. The van der Waals surface area contributed by atoms with Crippen LogP contribution in [0.5, 0.6) is 0 Å². The number of aryl methyl sites for hydroxylation is 1. The second kappa shape index (κ2) is 11.0. The highest BCUT2D eigenvalue weighted by Crippen LogP contribution is 2.21. The van der Waals surface area contributed by atoms with Gasteiger partial charge in [0.05, 0.1) is 11.9 Å². The Morgan fingerprint density at radius 1 is 1.09 bits per heavy atom. The highest BCUT2D eigenvalue weighted by atomic mass is 32.2. The Morgan fingerprint density at radius 3 is 2.29 bits per heavy atom. The third-order valence-corrected chi connectivity index (χ3v) is 7.31. The summed E-state index contributed by atoms with van der Waals surface area (Å²) in [5.41, 5.74) is 1.54. The molecule has 9 heteroatoms. The molecule has 0 heterocycles. The third kappa shape index (κ3) is 6.56. The van der Waals surface area contributed by atoms with Crippen molar-refractivity contribution in [3.8, 4) is 0 Å². The van der Waals surface area contributed by atoms with Crippen molar-refractivity contribution in [1.29, 1.82) is 0 Å². The van der Waals surface area contributed by atoms with Gasteiger partial charge < -0.3 is 10.2 Å². The molecule has 0 spiro atoms. The van der Waals surface area contributed by atoms with Gasteiger partial charge in [-0.25, -0.2) is 12.8 Å². The smallest absolute Gasteiger partial charge is 0.244 e. The minimum Gasteiger partial charge on any atom is -0.352 e.